The number of piperidine rings is 1. The van der Waals surface area contributed by atoms with Gasteiger partial charge in [-0.05, 0) is 47.1 Å². The number of aliphatic carboxylic acids is 1. The van der Waals surface area contributed by atoms with Gasteiger partial charge >= 0.3 is 5.97 Å². The molecule has 0 radical (unpaired) electrons. The summed E-state index contributed by atoms with van der Waals surface area (Å²) in [4.78, 5) is 13.9. The van der Waals surface area contributed by atoms with Gasteiger partial charge in [0.05, 0.1) is 17.2 Å². The van der Waals surface area contributed by atoms with Crippen LogP contribution in [0.25, 0.3) is 0 Å². The summed E-state index contributed by atoms with van der Waals surface area (Å²) in [6, 6.07) is 0.314. The molecule has 2 N–H and O–H groups in total. The number of aliphatic hydroxyl groups excluding tert-OH is 1. The van der Waals surface area contributed by atoms with Gasteiger partial charge in [0.2, 0.25) is 0 Å². The fourth-order valence-electron chi connectivity index (χ4n) is 3.92. The lowest BCUT2D eigenvalue weighted by atomic mass is 9.72. The van der Waals surface area contributed by atoms with Crippen LogP contribution in [0.3, 0.4) is 0 Å². The highest BCUT2D eigenvalue weighted by molar-refractivity contribution is 5.75. The summed E-state index contributed by atoms with van der Waals surface area (Å²) in [5.74, 6) is -0.864. The zero-order valence-corrected chi connectivity index (χ0v) is 15.5. The minimum absolute atomic E-state index is 0.314. The number of nitrogens with zero attached hydrogens (tertiary/aromatic N) is 3. The Morgan fingerprint density at radius 2 is 2.08 bits per heavy atom. The van der Waals surface area contributed by atoms with Crippen molar-refractivity contribution in [2.45, 2.75) is 72.6 Å². The van der Waals surface area contributed by atoms with E-state index in [-0.39, 0.29) is 0 Å². The van der Waals surface area contributed by atoms with Crippen molar-refractivity contribution in [3.63, 3.8) is 0 Å². The molecule has 1 aromatic heterocycles. The summed E-state index contributed by atoms with van der Waals surface area (Å²) >= 11 is 0. The van der Waals surface area contributed by atoms with Crippen LogP contribution >= 0.6 is 0 Å². The fourth-order valence-corrected chi connectivity index (χ4v) is 3.92. The zero-order chi connectivity index (χ0) is 18.1. The summed E-state index contributed by atoms with van der Waals surface area (Å²) < 4.78 is 2.03. The monoisotopic (exact) mass is 337 g/mol. The molecule has 0 bridgehead atoms. The molecule has 1 aromatic rings. The molecule has 136 valence electrons. The van der Waals surface area contributed by atoms with E-state index in [2.05, 4.69) is 30.8 Å². The first-order chi connectivity index (χ1) is 11.2. The third-order valence-corrected chi connectivity index (χ3v) is 5.41. The first-order valence-corrected chi connectivity index (χ1v) is 8.91. The lowest BCUT2D eigenvalue weighted by molar-refractivity contribution is -0.164. The molecule has 1 fully saturated rings. The van der Waals surface area contributed by atoms with Gasteiger partial charge in [-0.25, -0.2) is 0 Å². The van der Waals surface area contributed by atoms with Crippen LogP contribution in [-0.2, 0) is 11.3 Å². The second-order valence-corrected chi connectivity index (χ2v) is 7.40. The maximum absolute atomic E-state index is 11.7. The number of β-amino-alcohol motifs (C(OH)–C–C–N with tert-alkyl or cyclic N) is 1. The van der Waals surface area contributed by atoms with Crippen LogP contribution in [0, 0.1) is 19.3 Å². The first kappa shape index (κ1) is 18.9. The third kappa shape index (κ3) is 3.35. The molecule has 0 amide bonds. The van der Waals surface area contributed by atoms with E-state index in [1.807, 2.05) is 18.5 Å². The van der Waals surface area contributed by atoms with E-state index in [1.165, 1.54) is 5.56 Å². The quantitative estimate of drug-likeness (QED) is 0.834. The molecular weight excluding hydrogens is 306 g/mol. The standard InChI is InChI=1S/C18H31N3O3/c1-6-7-18(17(23)24)8-9-20(11-16(18)22)10-15-13(4)19-21(12(2)3)14(15)5/h12,16,22H,6-11H2,1-5H3,(H,23,24)/t16-,18-/m0/s1. The van der Waals surface area contributed by atoms with Crippen LogP contribution in [-0.4, -0.2) is 50.1 Å². The van der Waals surface area contributed by atoms with Crippen molar-refractivity contribution < 1.29 is 15.0 Å². The number of aliphatic hydroxyl groups is 1. The third-order valence-electron chi connectivity index (χ3n) is 5.41. The highest BCUT2D eigenvalue weighted by atomic mass is 16.4. The number of hydrogen-bond donors (Lipinski definition) is 2. The van der Waals surface area contributed by atoms with Gasteiger partial charge in [-0.1, -0.05) is 13.3 Å². The van der Waals surface area contributed by atoms with Gasteiger partial charge in [-0.2, -0.15) is 5.10 Å². The summed E-state index contributed by atoms with van der Waals surface area (Å²) in [5, 5.41) is 24.8. The van der Waals surface area contributed by atoms with Gasteiger partial charge in [-0.15, -0.1) is 0 Å². The number of aromatic nitrogens is 2. The second kappa shape index (κ2) is 7.23. The van der Waals surface area contributed by atoms with E-state index in [0.717, 1.165) is 17.8 Å². The van der Waals surface area contributed by atoms with Crippen molar-refractivity contribution >= 4 is 5.97 Å². The Bertz CT molecular complexity index is 597. The van der Waals surface area contributed by atoms with Gasteiger partial charge in [0.1, 0.15) is 0 Å². The Kier molecular flexibility index (Phi) is 5.71. The molecule has 1 aliphatic heterocycles. The average molecular weight is 337 g/mol. The van der Waals surface area contributed by atoms with Crippen LogP contribution in [0.15, 0.2) is 0 Å². The number of carbonyl (C=O) groups is 1. The van der Waals surface area contributed by atoms with Gasteiger partial charge in [0, 0.05) is 30.4 Å². The molecule has 2 rings (SSSR count). The number of carboxylic acid groups (broad SMARTS) is 1. The van der Waals surface area contributed by atoms with Crippen molar-refractivity contribution in [2.24, 2.45) is 5.41 Å². The van der Waals surface area contributed by atoms with Crippen LogP contribution < -0.4 is 0 Å². The van der Waals surface area contributed by atoms with Crippen molar-refractivity contribution in [3.8, 4) is 0 Å². The molecule has 0 aromatic carbocycles. The molecule has 1 saturated heterocycles. The molecule has 0 aliphatic carbocycles. The Hall–Kier alpha value is -1.40. The molecule has 2 atom stereocenters. The first-order valence-electron chi connectivity index (χ1n) is 8.91. The Morgan fingerprint density at radius 3 is 2.54 bits per heavy atom. The molecular formula is C18H31N3O3. The van der Waals surface area contributed by atoms with Crippen LogP contribution in [0.4, 0.5) is 0 Å². The predicted molar refractivity (Wildman–Crippen MR) is 93.0 cm³/mol. The van der Waals surface area contributed by atoms with Crippen LogP contribution in [0.2, 0.25) is 0 Å². The second-order valence-electron chi connectivity index (χ2n) is 7.40. The minimum Gasteiger partial charge on any atom is -0.481 e. The highest BCUT2D eigenvalue weighted by Gasteiger charge is 2.47. The number of carboxylic acids is 1. The van der Waals surface area contributed by atoms with Gasteiger partial charge in [0.25, 0.3) is 0 Å². The van der Waals surface area contributed by atoms with E-state index in [1.54, 1.807) is 0 Å². The average Bonchev–Trinajstić information content (AvgIpc) is 2.78. The predicted octanol–water partition coefficient (Wildman–Crippen LogP) is 2.52. The molecule has 2 heterocycles. The summed E-state index contributed by atoms with van der Waals surface area (Å²) in [6.07, 6.45) is 0.960. The fraction of sp³-hybridized carbons (Fsp3) is 0.778. The molecule has 0 spiro atoms. The number of rotatable bonds is 6. The van der Waals surface area contributed by atoms with Crippen molar-refractivity contribution in [1.82, 2.24) is 14.7 Å². The number of aryl methyl sites for hydroxylation is 1. The van der Waals surface area contributed by atoms with E-state index in [4.69, 9.17) is 0 Å². The van der Waals surface area contributed by atoms with Gasteiger partial charge < -0.3 is 10.2 Å². The summed E-state index contributed by atoms with van der Waals surface area (Å²) in [7, 11) is 0. The van der Waals surface area contributed by atoms with E-state index >= 15 is 0 Å². The van der Waals surface area contributed by atoms with Crippen molar-refractivity contribution in [3.05, 3.63) is 17.0 Å². The van der Waals surface area contributed by atoms with Crippen LogP contribution in [0.5, 0.6) is 0 Å². The molecule has 6 nitrogen and oxygen atoms in total. The molecule has 6 heteroatoms. The number of hydrogen-bond acceptors (Lipinski definition) is 4. The Balaban J connectivity index is 2.14. The normalized spacial score (nSPS) is 25.4. The van der Waals surface area contributed by atoms with Crippen LogP contribution in [0.1, 0.15) is 63.0 Å². The van der Waals surface area contributed by atoms with Gasteiger partial charge in [0.15, 0.2) is 0 Å². The zero-order valence-electron chi connectivity index (χ0n) is 15.5. The van der Waals surface area contributed by atoms with Gasteiger partial charge in [-0.3, -0.25) is 14.4 Å². The minimum atomic E-state index is -0.989. The maximum atomic E-state index is 11.7. The Morgan fingerprint density at radius 1 is 1.42 bits per heavy atom. The van der Waals surface area contributed by atoms with E-state index in [0.29, 0.717) is 38.5 Å². The topological polar surface area (TPSA) is 78.6 Å². The maximum Gasteiger partial charge on any atom is 0.312 e. The van der Waals surface area contributed by atoms with E-state index < -0.39 is 17.5 Å². The smallest absolute Gasteiger partial charge is 0.312 e. The van der Waals surface area contributed by atoms with Crippen molar-refractivity contribution in [1.29, 1.82) is 0 Å². The summed E-state index contributed by atoms with van der Waals surface area (Å²) in [5.41, 5.74) is 2.37. The Labute approximate surface area is 144 Å². The lowest BCUT2D eigenvalue weighted by Gasteiger charge is -2.42. The van der Waals surface area contributed by atoms with E-state index in [9.17, 15) is 15.0 Å². The molecule has 1 aliphatic rings. The molecule has 24 heavy (non-hydrogen) atoms. The lowest BCUT2D eigenvalue weighted by Crippen LogP contribution is -2.54. The van der Waals surface area contributed by atoms with Crippen molar-refractivity contribution in [2.75, 3.05) is 13.1 Å². The SMILES string of the molecule is CCC[C@]1(C(=O)O)CCN(Cc2c(C)nn(C(C)C)c2C)C[C@@H]1O. The number of likely N-dealkylation sites (tertiary alicyclic amines) is 1. The summed E-state index contributed by atoms with van der Waals surface area (Å²) in [6.45, 7) is 12.1. The largest absolute Gasteiger partial charge is 0.481 e. The highest BCUT2D eigenvalue weighted by Crippen LogP contribution is 2.37. The molecule has 0 saturated carbocycles. The molecule has 0 unspecified atom stereocenters.